The Balaban J connectivity index is 1.12. The van der Waals surface area contributed by atoms with Gasteiger partial charge in [0.25, 0.3) is 0 Å². The zero-order valence-corrected chi connectivity index (χ0v) is 24.1. The Kier molecular flexibility index (Phi) is 9.72. The van der Waals surface area contributed by atoms with Gasteiger partial charge in [0.15, 0.2) is 0 Å². The number of rotatable bonds is 10. The lowest BCUT2D eigenvalue weighted by Crippen LogP contribution is -2.38. The second-order valence-electron chi connectivity index (χ2n) is 12.3. The van der Waals surface area contributed by atoms with Gasteiger partial charge in [-0.3, -0.25) is 0 Å². The molecule has 5 rings (SSSR count). The van der Waals surface area contributed by atoms with Gasteiger partial charge in [-0.2, -0.15) is 8.78 Å². The van der Waals surface area contributed by atoms with Crippen LogP contribution in [-0.2, 0) is 0 Å². The molecule has 2 aliphatic rings. The van der Waals surface area contributed by atoms with Gasteiger partial charge in [0.1, 0.15) is 17.4 Å². The van der Waals surface area contributed by atoms with E-state index in [1.165, 1.54) is 93.8 Å². The van der Waals surface area contributed by atoms with Gasteiger partial charge in [0.2, 0.25) is 0 Å². The van der Waals surface area contributed by atoms with Gasteiger partial charge >= 0.3 is 6.11 Å². The van der Waals surface area contributed by atoms with Crippen LogP contribution in [0.25, 0.3) is 22.3 Å². The first-order chi connectivity index (χ1) is 19.8. The van der Waals surface area contributed by atoms with E-state index in [1.54, 1.807) is 24.3 Å². The molecule has 0 saturated heterocycles. The summed E-state index contributed by atoms with van der Waals surface area (Å²) in [4.78, 5) is 0. The van der Waals surface area contributed by atoms with Crippen LogP contribution in [0.3, 0.4) is 0 Å². The minimum atomic E-state index is -3.22. The van der Waals surface area contributed by atoms with E-state index in [0.717, 1.165) is 18.8 Å². The second kappa shape index (κ2) is 13.4. The quantitative estimate of drug-likeness (QED) is 0.175. The fourth-order valence-corrected chi connectivity index (χ4v) is 7.07. The van der Waals surface area contributed by atoms with E-state index in [2.05, 4.69) is 6.92 Å². The molecule has 0 amide bonds. The van der Waals surface area contributed by atoms with Crippen LogP contribution in [0.15, 0.2) is 66.7 Å². The predicted molar refractivity (Wildman–Crippen MR) is 158 cm³/mol. The summed E-state index contributed by atoms with van der Waals surface area (Å²) in [5, 5.41) is 0. The monoisotopic (exact) mass is 566 g/mol. The van der Waals surface area contributed by atoms with Crippen molar-refractivity contribution in [3.05, 3.63) is 78.4 Å². The molecule has 0 bridgehead atoms. The second-order valence-corrected chi connectivity index (χ2v) is 12.3. The molecular formula is C36H42F4O. The Labute approximate surface area is 242 Å². The van der Waals surface area contributed by atoms with Crippen molar-refractivity contribution in [2.24, 2.45) is 23.7 Å². The lowest BCUT2D eigenvalue weighted by Gasteiger charge is -2.39. The third-order valence-corrected chi connectivity index (χ3v) is 9.59. The molecule has 0 aliphatic heterocycles. The van der Waals surface area contributed by atoms with Crippen molar-refractivity contribution in [2.45, 2.75) is 90.1 Å². The normalized spacial score (nSPS) is 23.3. The van der Waals surface area contributed by atoms with Crippen molar-refractivity contribution in [1.29, 1.82) is 0 Å². The Morgan fingerprint density at radius 2 is 1.27 bits per heavy atom. The van der Waals surface area contributed by atoms with Crippen LogP contribution < -0.4 is 4.74 Å². The smallest absolute Gasteiger partial charge is 0.400 e. The SMILES string of the molecule is CCCCCC1CCC(C2CCC(C(F)(F)Oc3ccc(-c4ccc(-c5ccc(F)cc5)c(F)c4)cc3)CC2)CC1. The molecule has 0 atom stereocenters. The molecular weight excluding hydrogens is 524 g/mol. The summed E-state index contributed by atoms with van der Waals surface area (Å²) in [6, 6.07) is 16.9. The molecule has 5 heteroatoms. The number of hydrogen-bond donors (Lipinski definition) is 0. The number of alkyl halides is 2. The summed E-state index contributed by atoms with van der Waals surface area (Å²) in [5.41, 5.74) is 2.28. The lowest BCUT2D eigenvalue weighted by molar-refractivity contribution is -0.224. The van der Waals surface area contributed by atoms with Crippen molar-refractivity contribution in [1.82, 2.24) is 0 Å². The average molecular weight is 567 g/mol. The van der Waals surface area contributed by atoms with Crippen molar-refractivity contribution in [3.8, 4) is 28.0 Å². The molecule has 0 unspecified atom stereocenters. The molecule has 41 heavy (non-hydrogen) atoms. The largest absolute Gasteiger partial charge is 0.432 e. The van der Waals surface area contributed by atoms with Gasteiger partial charge in [-0.25, -0.2) is 8.78 Å². The van der Waals surface area contributed by atoms with Crippen LogP contribution in [-0.4, -0.2) is 6.11 Å². The number of unbranched alkanes of at least 4 members (excludes halogenated alkanes) is 2. The Bertz CT molecular complexity index is 1240. The minimum Gasteiger partial charge on any atom is -0.432 e. The Hall–Kier alpha value is -2.82. The highest BCUT2D eigenvalue weighted by molar-refractivity contribution is 5.71. The first kappa shape index (κ1) is 29.7. The van der Waals surface area contributed by atoms with Crippen molar-refractivity contribution in [2.75, 3.05) is 0 Å². The van der Waals surface area contributed by atoms with E-state index < -0.39 is 17.8 Å². The van der Waals surface area contributed by atoms with Crippen molar-refractivity contribution >= 4 is 0 Å². The van der Waals surface area contributed by atoms with Crippen LogP contribution in [0, 0.1) is 35.3 Å². The fraction of sp³-hybridized carbons (Fsp3) is 0.500. The van der Waals surface area contributed by atoms with Gasteiger partial charge in [0.05, 0.1) is 5.92 Å². The molecule has 2 saturated carbocycles. The summed E-state index contributed by atoms with van der Waals surface area (Å²) in [6.07, 6.45) is 10.0. The molecule has 3 aromatic carbocycles. The molecule has 3 aromatic rings. The Morgan fingerprint density at radius 3 is 1.88 bits per heavy atom. The predicted octanol–water partition coefficient (Wildman–Crippen LogP) is 11.5. The highest BCUT2D eigenvalue weighted by Crippen LogP contribution is 2.46. The summed E-state index contributed by atoms with van der Waals surface area (Å²) in [5.74, 6) is 0.692. The van der Waals surface area contributed by atoms with Crippen LogP contribution in [0.1, 0.15) is 84.0 Å². The summed E-state index contributed by atoms with van der Waals surface area (Å²) in [6.45, 7) is 2.25. The van der Waals surface area contributed by atoms with Crippen molar-refractivity contribution in [3.63, 3.8) is 0 Å². The van der Waals surface area contributed by atoms with Gasteiger partial charge in [-0.05, 0) is 103 Å². The Morgan fingerprint density at radius 1 is 0.683 bits per heavy atom. The summed E-state index contributed by atoms with van der Waals surface area (Å²) >= 11 is 0. The molecule has 0 spiro atoms. The van der Waals surface area contributed by atoms with Gasteiger partial charge in [-0.1, -0.05) is 81.8 Å². The van der Waals surface area contributed by atoms with E-state index in [9.17, 15) is 8.78 Å². The highest BCUT2D eigenvalue weighted by Gasteiger charge is 2.45. The zero-order valence-electron chi connectivity index (χ0n) is 24.1. The van der Waals surface area contributed by atoms with Crippen LogP contribution in [0.2, 0.25) is 0 Å². The molecule has 1 nitrogen and oxygen atoms in total. The van der Waals surface area contributed by atoms with E-state index in [1.807, 2.05) is 0 Å². The van der Waals surface area contributed by atoms with Gasteiger partial charge < -0.3 is 4.74 Å². The summed E-state index contributed by atoms with van der Waals surface area (Å²) < 4.78 is 63.6. The standard InChI is InChI=1S/C36H42F4O/c1-2-3-4-5-25-6-8-26(9-7-25)27-10-17-31(18-11-27)36(39,40)41-33-21-14-28(15-22-33)30-16-23-34(35(38)24-30)29-12-19-32(37)20-13-29/h12-16,19-27,31H,2-11,17-18H2,1H3. The minimum absolute atomic E-state index is 0.116. The number of ether oxygens (including phenoxy) is 1. The van der Waals surface area contributed by atoms with Crippen LogP contribution in [0.5, 0.6) is 5.75 Å². The van der Waals surface area contributed by atoms with E-state index in [4.69, 9.17) is 4.74 Å². The maximum absolute atomic E-state index is 15.2. The molecule has 0 radical (unpaired) electrons. The fourth-order valence-electron chi connectivity index (χ4n) is 7.07. The zero-order chi connectivity index (χ0) is 28.8. The molecule has 0 heterocycles. The molecule has 2 aliphatic carbocycles. The highest BCUT2D eigenvalue weighted by atomic mass is 19.3. The van der Waals surface area contributed by atoms with E-state index in [-0.39, 0.29) is 11.6 Å². The van der Waals surface area contributed by atoms with Crippen molar-refractivity contribution < 1.29 is 22.3 Å². The molecule has 220 valence electrons. The number of hydrogen-bond acceptors (Lipinski definition) is 1. The lowest BCUT2D eigenvalue weighted by atomic mass is 9.68. The van der Waals surface area contributed by atoms with E-state index >= 15 is 8.78 Å². The number of halogens is 4. The number of benzene rings is 3. The molecule has 2 fully saturated rings. The maximum Gasteiger partial charge on any atom is 0.400 e. The average Bonchev–Trinajstić information content (AvgIpc) is 2.98. The van der Waals surface area contributed by atoms with Crippen LogP contribution >= 0.6 is 0 Å². The first-order valence-corrected chi connectivity index (χ1v) is 15.5. The topological polar surface area (TPSA) is 9.23 Å². The third-order valence-electron chi connectivity index (χ3n) is 9.59. The maximum atomic E-state index is 15.2. The van der Waals surface area contributed by atoms with Gasteiger partial charge in [0, 0.05) is 5.56 Å². The third kappa shape index (κ3) is 7.53. The van der Waals surface area contributed by atoms with Gasteiger partial charge in [-0.15, -0.1) is 0 Å². The van der Waals surface area contributed by atoms with Crippen LogP contribution in [0.4, 0.5) is 17.6 Å². The molecule has 0 N–H and O–H groups in total. The summed E-state index contributed by atoms with van der Waals surface area (Å²) in [7, 11) is 0. The first-order valence-electron chi connectivity index (χ1n) is 15.5. The van der Waals surface area contributed by atoms with E-state index in [0.29, 0.717) is 46.9 Å². The molecule has 0 aromatic heterocycles.